The van der Waals surface area contributed by atoms with E-state index in [0.29, 0.717) is 6.54 Å². The minimum atomic E-state index is -0.0986. The number of hydrogen-bond acceptors (Lipinski definition) is 1. The third-order valence-corrected chi connectivity index (χ3v) is 4.47. The fourth-order valence-corrected chi connectivity index (χ4v) is 2.83. The van der Waals surface area contributed by atoms with Gasteiger partial charge in [-0.3, -0.25) is 0 Å². The molecular weight excluding hydrogens is 272 g/mol. The molecule has 1 atom stereocenters. The van der Waals surface area contributed by atoms with Gasteiger partial charge in [0.1, 0.15) is 0 Å². The van der Waals surface area contributed by atoms with E-state index in [2.05, 4.69) is 34.9 Å². The van der Waals surface area contributed by atoms with E-state index in [4.69, 9.17) is 0 Å². The van der Waals surface area contributed by atoms with E-state index < -0.39 is 0 Å². The van der Waals surface area contributed by atoms with Gasteiger partial charge in [-0.15, -0.1) is 0 Å². The number of benzene rings is 2. The molecule has 1 saturated carbocycles. The van der Waals surface area contributed by atoms with Crippen LogP contribution in [-0.2, 0) is 5.41 Å². The first kappa shape index (κ1) is 14.6. The molecule has 2 aromatic carbocycles. The van der Waals surface area contributed by atoms with Crippen LogP contribution in [0.5, 0.6) is 0 Å². The van der Waals surface area contributed by atoms with E-state index in [-0.39, 0.29) is 17.5 Å². The molecule has 22 heavy (non-hydrogen) atoms. The van der Waals surface area contributed by atoms with Gasteiger partial charge in [0, 0.05) is 12.0 Å². The number of urea groups is 1. The SMILES string of the molecule is C[C@@H](NC(=O)NCC1(c2ccccc2)CC1)c1ccccc1. The van der Waals surface area contributed by atoms with Crippen LogP contribution in [0, 0.1) is 0 Å². The second kappa shape index (κ2) is 6.22. The summed E-state index contributed by atoms with van der Waals surface area (Å²) in [4.78, 5) is 12.1. The molecule has 0 aromatic heterocycles. The van der Waals surface area contributed by atoms with Crippen LogP contribution in [0.4, 0.5) is 4.79 Å². The zero-order chi connectivity index (χ0) is 15.4. The molecular formula is C19H22N2O. The topological polar surface area (TPSA) is 41.1 Å². The molecule has 0 aliphatic heterocycles. The summed E-state index contributed by atoms with van der Waals surface area (Å²) in [7, 11) is 0. The second-order valence-electron chi connectivity index (χ2n) is 6.11. The lowest BCUT2D eigenvalue weighted by atomic mass is 9.96. The highest BCUT2D eigenvalue weighted by Gasteiger charge is 2.44. The Bertz CT molecular complexity index is 620. The number of nitrogens with one attached hydrogen (secondary N) is 2. The minimum Gasteiger partial charge on any atom is -0.337 e. The summed E-state index contributed by atoms with van der Waals surface area (Å²) in [5.41, 5.74) is 2.59. The van der Waals surface area contributed by atoms with Crippen molar-refractivity contribution >= 4 is 6.03 Å². The van der Waals surface area contributed by atoms with Crippen molar-refractivity contribution in [3.05, 3.63) is 71.8 Å². The number of carbonyl (C=O) groups is 1. The second-order valence-corrected chi connectivity index (χ2v) is 6.11. The fourth-order valence-electron chi connectivity index (χ4n) is 2.83. The molecule has 0 unspecified atom stereocenters. The lowest BCUT2D eigenvalue weighted by Crippen LogP contribution is -2.40. The molecule has 0 bridgehead atoms. The van der Waals surface area contributed by atoms with Crippen molar-refractivity contribution in [3.8, 4) is 0 Å². The third kappa shape index (κ3) is 3.30. The van der Waals surface area contributed by atoms with Crippen molar-refractivity contribution < 1.29 is 4.79 Å². The predicted molar refractivity (Wildman–Crippen MR) is 88.7 cm³/mol. The van der Waals surface area contributed by atoms with Gasteiger partial charge in [-0.1, -0.05) is 60.7 Å². The Morgan fingerprint density at radius 3 is 2.23 bits per heavy atom. The van der Waals surface area contributed by atoms with Gasteiger partial charge >= 0.3 is 6.03 Å². The first-order valence-corrected chi connectivity index (χ1v) is 7.84. The van der Waals surface area contributed by atoms with Gasteiger partial charge in [0.2, 0.25) is 0 Å². The first-order chi connectivity index (χ1) is 10.7. The van der Waals surface area contributed by atoms with Crippen molar-refractivity contribution in [1.82, 2.24) is 10.6 Å². The Balaban J connectivity index is 1.53. The average Bonchev–Trinajstić information content (AvgIpc) is 3.36. The summed E-state index contributed by atoms with van der Waals surface area (Å²) >= 11 is 0. The molecule has 2 amide bonds. The third-order valence-electron chi connectivity index (χ3n) is 4.47. The molecule has 1 aliphatic carbocycles. The van der Waals surface area contributed by atoms with E-state index >= 15 is 0 Å². The van der Waals surface area contributed by atoms with Crippen molar-refractivity contribution in [2.45, 2.75) is 31.2 Å². The highest BCUT2D eigenvalue weighted by molar-refractivity contribution is 5.74. The summed E-state index contributed by atoms with van der Waals surface area (Å²) in [5.74, 6) is 0. The standard InChI is InChI=1S/C19H22N2O/c1-15(16-8-4-2-5-9-16)21-18(22)20-14-19(12-13-19)17-10-6-3-7-11-17/h2-11,15H,12-14H2,1H3,(H2,20,21,22)/t15-/m1/s1. The summed E-state index contributed by atoms with van der Waals surface area (Å²) in [6, 6.07) is 20.4. The Labute approximate surface area is 131 Å². The Morgan fingerprint density at radius 1 is 1.05 bits per heavy atom. The molecule has 1 fully saturated rings. The van der Waals surface area contributed by atoms with Crippen LogP contribution in [0.3, 0.4) is 0 Å². The summed E-state index contributed by atoms with van der Waals surface area (Å²) < 4.78 is 0. The average molecular weight is 294 g/mol. The van der Waals surface area contributed by atoms with Gasteiger partial charge < -0.3 is 10.6 Å². The monoisotopic (exact) mass is 294 g/mol. The molecule has 2 aromatic rings. The fraction of sp³-hybridized carbons (Fsp3) is 0.316. The lowest BCUT2D eigenvalue weighted by Gasteiger charge is -2.19. The Kier molecular flexibility index (Phi) is 4.14. The van der Waals surface area contributed by atoms with Crippen LogP contribution in [0.15, 0.2) is 60.7 Å². The van der Waals surface area contributed by atoms with Crippen LogP contribution in [-0.4, -0.2) is 12.6 Å². The van der Waals surface area contributed by atoms with Gasteiger partial charge in [-0.25, -0.2) is 4.79 Å². The van der Waals surface area contributed by atoms with Crippen LogP contribution in [0.25, 0.3) is 0 Å². The molecule has 114 valence electrons. The number of hydrogen-bond donors (Lipinski definition) is 2. The van der Waals surface area contributed by atoms with E-state index in [1.54, 1.807) is 0 Å². The normalized spacial score (nSPS) is 16.6. The number of amides is 2. The zero-order valence-electron chi connectivity index (χ0n) is 12.9. The molecule has 1 aliphatic rings. The molecule has 0 heterocycles. The van der Waals surface area contributed by atoms with Gasteiger partial charge in [-0.05, 0) is 30.9 Å². The van der Waals surface area contributed by atoms with Crippen LogP contribution >= 0.6 is 0 Å². The molecule has 2 N–H and O–H groups in total. The number of rotatable bonds is 5. The van der Waals surface area contributed by atoms with Crippen molar-refractivity contribution in [1.29, 1.82) is 0 Å². The van der Waals surface area contributed by atoms with Gasteiger partial charge in [-0.2, -0.15) is 0 Å². The summed E-state index contributed by atoms with van der Waals surface area (Å²) in [6.07, 6.45) is 2.29. The lowest BCUT2D eigenvalue weighted by molar-refractivity contribution is 0.237. The first-order valence-electron chi connectivity index (χ1n) is 7.84. The van der Waals surface area contributed by atoms with Crippen molar-refractivity contribution in [3.63, 3.8) is 0 Å². The van der Waals surface area contributed by atoms with Crippen LogP contribution < -0.4 is 10.6 Å². The summed E-state index contributed by atoms with van der Waals surface area (Å²) in [5, 5.41) is 6.03. The largest absolute Gasteiger partial charge is 0.337 e. The highest BCUT2D eigenvalue weighted by atomic mass is 16.2. The summed E-state index contributed by atoms with van der Waals surface area (Å²) in [6.45, 7) is 2.70. The maximum absolute atomic E-state index is 12.1. The molecule has 3 nitrogen and oxygen atoms in total. The molecule has 0 radical (unpaired) electrons. The predicted octanol–water partition coefficient (Wildman–Crippen LogP) is 3.78. The Morgan fingerprint density at radius 2 is 1.64 bits per heavy atom. The van der Waals surface area contributed by atoms with Crippen molar-refractivity contribution in [2.75, 3.05) is 6.54 Å². The molecule has 0 saturated heterocycles. The molecule has 0 spiro atoms. The van der Waals surface area contributed by atoms with E-state index in [0.717, 1.165) is 18.4 Å². The van der Waals surface area contributed by atoms with Gasteiger partial charge in [0.25, 0.3) is 0 Å². The van der Waals surface area contributed by atoms with Gasteiger partial charge in [0.15, 0.2) is 0 Å². The maximum Gasteiger partial charge on any atom is 0.315 e. The molecule has 3 heteroatoms. The zero-order valence-corrected chi connectivity index (χ0v) is 12.9. The molecule has 3 rings (SSSR count). The Hall–Kier alpha value is -2.29. The highest BCUT2D eigenvalue weighted by Crippen LogP contribution is 2.47. The van der Waals surface area contributed by atoms with Crippen LogP contribution in [0.2, 0.25) is 0 Å². The van der Waals surface area contributed by atoms with Crippen LogP contribution in [0.1, 0.15) is 36.9 Å². The van der Waals surface area contributed by atoms with E-state index in [1.807, 2.05) is 43.3 Å². The smallest absolute Gasteiger partial charge is 0.315 e. The van der Waals surface area contributed by atoms with Gasteiger partial charge in [0.05, 0.1) is 6.04 Å². The minimum absolute atomic E-state index is 0.00748. The number of carbonyl (C=O) groups excluding carboxylic acids is 1. The maximum atomic E-state index is 12.1. The van der Waals surface area contributed by atoms with E-state index in [9.17, 15) is 4.79 Å². The van der Waals surface area contributed by atoms with Crippen molar-refractivity contribution in [2.24, 2.45) is 0 Å². The van der Waals surface area contributed by atoms with E-state index in [1.165, 1.54) is 5.56 Å². The quantitative estimate of drug-likeness (QED) is 0.865.